The fourth-order valence-corrected chi connectivity index (χ4v) is 4.20. The Morgan fingerprint density at radius 2 is 1.90 bits per heavy atom. The van der Waals surface area contributed by atoms with E-state index in [-0.39, 0.29) is 24.7 Å². The van der Waals surface area contributed by atoms with Gasteiger partial charge in [-0.2, -0.15) is 0 Å². The van der Waals surface area contributed by atoms with Crippen molar-refractivity contribution in [1.29, 1.82) is 0 Å². The lowest BCUT2D eigenvalue weighted by atomic mass is 10.0. The third kappa shape index (κ3) is 4.98. The number of amides is 3. The molecule has 1 unspecified atom stereocenters. The number of anilines is 1. The number of carbonyl (C=O) groups excluding carboxylic acids is 3. The smallest absolute Gasteiger partial charge is 0.303 e. The van der Waals surface area contributed by atoms with Crippen molar-refractivity contribution in [3.63, 3.8) is 0 Å². The van der Waals surface area contributed by atoms with Gasteiger partial charge >= 0.3 is 5.97 Å². The summed E-state index contributed by atoms with van der Waals surface area (Å²) >= 11 is 0. The number of benzene rings is 1. The van der Waals surface area contributed by atoms with Gasteiger partial charge in [-0.25, -0.2) is 0 Å². The van der Waals surface area contributed by atoms with Gasteiger partial charge in [-0.15, -0.1) is 0 Å². The van der Waals surface area contributed by atoms with Crippen LogP contribution in [0.4, 0.5) is 5.69 Å². The molecule has 2 aliphatic rings. The van der Waals surface area contributed by atoms with E-state index in [1.807, 2.05) is 19.2 Å². The number of nitrogens with zero attached hydrogens (tertiary/aromatic N) is 2. The minimum Gasteiger partial charge on any atom is -0.481 e. The molecule has 2 aliphatic heterocycles. The summed E-state index contributed by atoms with van der Waals surface area (Å²) in [5.41, 5.74) is 2.54. The number of hydrogen-bond donors (Lipinski definition) is 2. The number of unbranched alkanes of at least 4 members (excludes halogenated alkanes) is 4. The number of piperidine rings is 1. The fraction of sp³-hybridized carbons (Fsp3) is 0.545. The van der Waals surface area contributed by atoms with E-state index in [1.165, 1.54) is 0 Å². The van der Waals surface area contributed by atoms with Gasteiger partial charge in [0.2, 0.25) is 11.8 Å². The van der Waals surface area contributed by atoms with E-state index in [9.17, 15) is 19.2 Å². The van der Waals surface area contributed by atoms with E-state index in [1.54, 1.807) is 11.0 Å². The molecule has 0 saturated carbocycles. The summed E-state index contributed by atoms with van der Waals surface area (Å²) in [5.74, 6) is -1.59. The maximum absolute atomic E-state index is 12.9. The summed E-state index contributed by atoms with van der Waals surface area (Å²) in [7, 11) is 2.00. The topological polar surface area (TPSA) is 107 Å². The summed E-state index contributed by atoms with van der Waals surface area (Å²) in [6, 6.07) is 5.05. The first-order valence-corrected chi connectivity index (χ1v) is 10.6. The molecule has 8 heteroatoms. The third-order valence-corrected chi connectivity index (χ3v) is 5.85. The Hall–Kier alpha value is -2.90. The molecular formula is C22H29N3O5. The molecule has 1 atom stereocenters. The molecule has 3 rings (SSSR count). The third-order valence-electron chi connectivity index (χ3n) is 5.85. The van der Waals surface area contributed by atoms with Crippen LogP contribution in [-0.2, 0) is 20.9 Å². The van der Waals surface area contributed by atoms with Crippen LogP contribution in [0.25, 0.3) is 0 Å². The maximum atomic E-state index is 12.9. The molecule has 1 aromatic carbocycles. The molecule has 0 radical (unpaired) electrons. The number of carbonyl (C=O) groups is 4. The van der Waals surface area contributed by atoms with Crippen LogP contribution in [0.2, 0.25) is 0 Å². The van der Waals surface area contributed by atoms with Crippen molar-refractivity contribution in [2.75, 3.05) is 18.5 Å². The summed E-state index contributed by atoms with van der Waals surface area (Å²) in [5, 5.41) is 11.0. The van der Waals surface area contributed by atoms with Crippen molar-refractivity contribution in [3.8, 4) is 0 Å². The van der Waals surface area contributed by atoms with Gasteiger partial charge in [0, 0.05) is 49.8 Å². The van der Waals surface area contributed by atoms with Gasteiger partial charge in [0.25, 0.3) is 5.91 Å². The van der Waals surface area contributed by atoms with Crippen molar-refractivity contribution >= 4 is 29.4 Å². The van der Waals surface area contributed by atoms with Crippen molar-refractivity contribution in [1.82, 2.24) is 10.2 Å². The zero-order valence-electron chi connectivity index (χ0n) is 17.4. The molecule has 30 heavy (non-hydrogen) atoms. The van der Waals surface area contributed by atoms with E-state index < -0.39 is 17.9 Å². The first-order valence-electron chi connectivity index (χ1n) is 10.6. The molecule has 0 spiro atoms. The first kappa shape index (κ1) is 21.8. The Morgan fingerprint density at radius 3 is 2.63 bits per heavy atom. The quantitative estimate of drug-likeness (QED) is 0.449. The number of imide groups is 1. The van der Waals surface area contributed by atoms with Gasteiger partial charge in [0.05, 0.1) is 0 Å². The molecule has 1 fully saturated rings. The normalized spacial score (nSPS) is 18.4. The predicted molar refractivity (Wildman–Crippen MR) is 111 cm³/mol. The number of fused-ring (bicyclic) bond motifs is 1. The Morgan fingerprint density at radius 1 is 1.17 bits per heavy atom. The number of carboxylic acid groups (broad SMARTS) is 1. The second-order valence-electron chi connectivity index (χ2n) is 8.04. The van der Waals surface area contributed by atoms with Crippen molar-refractivity contribution in [2.24, 2.45) is 0 Å². The molecule has 1 saturated heterocycles. The van der Waals surface area contributed by atoms with Gasteiger partial charge in [-0.1, -0.05) is 25.3 Å². The Labute approximate surface area is 176 Å². The Bertz CT molecular complexity index is 838. The second kappa shape index (κ2) is 9.73. The number of nitrogens with one attached hydrogen (secondary N) is 1. The molecule has 3 amide bonds. The summed E-state index contributed by atoms with van der Waals surface area (Å²) in [4.78, 5) is 50.8. The largest absolute Gasteiger partial charge is 0.481 e. The molecule has 1 aromatic rings. The van der Waals surface area contributed by atoms with E-state index in [4.69, 9.17) is 5.11 Å². The van der Waals surface area contributed by atoms with Crippen molar-refractivity contribution < 1.29 is 24.3 Å². The van der Waals surface area contributed by atoms with E-state index >= 15 is 0 Å². The van der Waals surface area contributed by atoms with Crippen LogP contribution in [-0.4, -0.2) is 53.3 Å². The van der Waals surface area contributed by atoms with Crippen molar-refractivity contribution in [2.45, 2.75) is 64.0 Å². The van der Waals surface area contributed by atoms with Crippen LogP contribution in [0.1, 0.15) is 67.3 Å². The predicted octanol–water partition coefficient (Wildman–Crippen LogP) is 2.31. The number of hydrogen-bond acceptors (Lipinski definition) is 5. The van der Waals surface area contributed by atoms with Gasteiger partial charge in [0.1, 0.15) is 6.04 Å². The maximum Gasteiger partial charge on any atom is 0.303 e. The molecule has 2 N–H and O–H groups in total. The van der Waals surface area contributed by atoms with E-state index in [0.29, 0.717) is 18.5 Å². The van der Waals surface area contributed by atoms with Crippen LogP contribution in [0.15, 0.2) is 18.2 Å². The molecule has 162 valence electrons. The first-order chi connectivity index (χ1) is 14.4. The Kier molecular flexibility index (Phi) is 7.07. The molecular weight excluding hydrogens is 386 g/mol. The molecule has 0 aromatic heterocycles. The zero-order valence-corrected chi connectivity index (χ0v) is 17.4. The Balaban J connectivity index is 1.57. The molecule has 0 aliphatic carbocycles. The van der Waals surface area contributed by atoms with Gasteiger partial charge < -0.3 is 14.9 Å². The highest BCUT2D eigenvalue weighted by Gasteiger charge is 2.40. The lowest BCUT2D eigenvalue weighted by Gasteiger charge is -2.29. The minimum atomic E-state index is -0.742. The highest BCUT2D eigenvalue weighted by molar-refractivity contribution is 6.06. The lowest BCUT2D eigenvalue weighted by molar-refractivity contribution is -0.138. The van der Waals surface area contributed by atoms with Crippen LogP contribution in [0.5, 0.6) is 0 Å². The molecule has 0 bridgehead atoms. The highest BCUT2D eigenvalue weighted by Crippen LogP contribution is 2.33. The number of rotatable bonds is 10. The average molecular weight is 415 g/mol. The summed E-state index contributed by atoms with van der Waals surface area (Å²) < 4.78 is 0. The minimum absolute atomic E-state index is 0.159. The monoisotopic (exact) mass is 415 g/mol. The van der Waals surface area contributed by atoms with Crippen LogP contribution < -0.4 is 10.2 Å². The number of carboxylic acids is 1. The second-order valence-corrected chi connectivity index (χ2v) is 8.04. The van der Waals surface area contributed by atoms with Gasteiger partial charge in [-0.3, -0.25) is 24.5 Å². The van der Waals surface area contributed by atoms with E-state index in [2.05, 4.69) is 10.2 Å². The van der Waals surface area contributed by atoms with Crippen LogP contribution in [0.3, 0.4) is 0 Å². The van der Waals surface area contributed by atoms with Crippen LogP contribution in [0, 0.1) is 0 Å². The average Bonchev–Trinajstić information content (AvgIpc) is 3.03. The SMILES string of the molecule is CN(CCCCCCCC(=O)O)c1cccc2c1CN(C1CCC(=O)NC1=O)C2=O. The summed E-state index contributed by atoms with van der Waals surface area (Å²) in [6.07, 6.45) is 5.50. The van der Waals surface area contributed by atoms with Crippen molar-refractivity contribution in [3.05, 3.63) is 29.3 Å². The fourth-order valence-electron chi connectivity index (χ4n) is 4.20. The van der Waals surface area contributed by atoms with E-state index in [0.717, 1.165) is 49.9 Å². The van der Waals surface area contributed by atoms with Crippen LogP contribution >= 0.6 is 0 Å². The highest BCUT2D eigenvalue weighted by atomic mass is 16.4. The standard InChI is InChI=1S/C22H29N3O5/c1-24(13-6-4-2-3-5-10-20(27)28)17-9-7-8-15-16(17)14-25(22(15)30)18-11-12-19(26)23-21(18)29/h7-9,18H,2-6,10-14H2,1H3,(H,27,28)(H,23,26,29). The summed E-state index contributed by atoms with van der Waals surface area (Å²) in [6.45, 7) is 1.21. The lowest BCUT2D eigenvalue weighted by Crippen LogP contribution is -2.52. The van der Waals surface area contributed by atoms with Gasteiger partial charge in [0.15, 0.2) is 0 Å². The van der Waals surface area contributed by atoms with Gasteiger partial charge in [-0.05, 0) is 31.4 Å². The zero-order chi connectivity index (χ0) is 21.7. The molecule has 8 nitrogen and oxygen atoms in total. The molecule has 2 heterocycles. The number of aliphatic carboxylic acids is 1.